The molecule has 0 spiro atoms. The van der Waals surface area contributed by atoms with Gasteiger partial charge in [0.05, 0.1) is 23.9 Å². The number of carbonyl (C=O) groups excluding carboxylic acids is 2. The van der Waals surface area contributed by atoms with E-state index < -0.39 is 17.8 Å². The van der Waals surface area contributed by atoms with Crippen LogP contribution in [-0.4, -0.2) is 39.3 Å². The van der Waals surface area contributed by atoms with Gasteiger partial charge in [0.25, 0.3) is 5.91 Å². The molecule has 2 aromatic rings. The molecule has 0 saturated heterocycles. The number of amides is 1. The third kappa shape index (κ3) is 4.36. The monoisotopic (exact) mass is 391 g/mol. The van der Waals surface area contributed by atoms with Gasteiger partial charge in [0, 0.05) is 11.1 Å². The van der Waals surface area contributed by atoms with Gasteiger partial charge in [0.1, 0.15) is 11.5 Å². The molecule has 2 N–H and O–H groups in total. The van der Waals surface area contributed by atoms with Crippen LogP contribution in [0.3, 0.4) is 0 Å². The van der Waals surface area contributed by atoms with Crippen molar-refractivity contribution in [1.29, 1.82) is 0 Å². The van der Waals surface area contributed by atoms with Gasteiger partial charge >= 0.3 is 11.9 Å². The predicted octanol–water partition coefficient (Wildman–Crippen LogP) is 2.73. The molecule has 0 atom stereocenters. The molecule has 3 rings (SSSR count). The van der Waals surface area contributed by atoms with Crippen molar-refractivity contribution in [3.63, 3.8) is 0 Å². The molecule has 1 aliphatic rings. The molecule has 0 aliphatic heterocycles. The molecule has 8 nitrogen and oxygen atoms in total. The van der Waals surface area contributed by atoms with Crippen molar-refractivity contribution in [2.24, 2.45) is 0 Å². The number of carboxylic acid groups (broad SMARTS) is 1. The minimum Gasteiger partial charge on any atom is -0.480 e. The molecule has 1 aliphatic carbocycles. The Morgan fingerprint density at radius 3 is 2.81 bits per heavy atom. The van der Waals surface area contributed by atoms with Crippen LogP contribution in [0.4, 0.5) is 5.00 Å². The molecular weight excluding hydrogens is 370 g/mol. The Morgan fingerprint density at radius 2 is 2.07 bits per heavy atom. The fourth-order valence-corrected chi connectivity index (χ4v) is 4.40. The molecule has 1 amide bonds. The van der Waals surface area contributed by atoms with Crippen LogP contribution in [0.2, 0.25) is 0 Å². The summed E-state index contributed by atoms with van der Waals surface area (Å²) in [7, 11) is 0. The molecule has 0 aromatic carbocycles. The molecule has 0 unspecified atom stereocenters. The minimum absolute atomic E-state index is 0.231. The number of nitrogens with one attached hydrogen (secondary N) is 1. The second-order valence-electron chi connectivity index (χ2n) is 6.26. The molecule has 9 heteroatoms. The zero-order chi connectivity index (χ0) is 19.4. The van der Waals surface area contributed by atoms with Crippen LogP contribution < -0.4 is 5.32 Å². The Bertz CT molecular complexity index is 870. The SMILES string of the molecule is CCOC(=O)c1c(NC(=O)c2cnn(CC(=O)O)c2)sc2c1CCCCC2. The summed E-state index contributed by atoms with van der Waals surface area (Å²) in [6.07, 6.45) is 7.54. The Hall–Kier alpha value is -2.68. The van der Waals surface area contributed by atoms with Crippen LogP contribution in [0, 0.1) is 0 Å². The molecule has 0 saturated carbocycles. The van der Waals surface area contributed by atoms with Crippen LogP contribution in [0.15, 0.2) is 12.4 Å². The lowest BCUT2D eigenvalue weighted by Gasteiger charge is -2.08. The highest BCUT2D eigenvalue weighted by Gasteiger charge is 2.27. The van der Waals surface area contributed by atoms with Crippen molar-refractivity contribution in [3.05, 3.63) is 34.0 Å². The zero-order valence-corrected chi connectivity index (χ0v) is 15.8. The Labute approximate surface area is 160 Å². The van der Waals surface area contributed by atoms with Crippen molar-refractivity contribution < 1.29 is 24.2 Å². The number of esters is 1. The average Bonchev–Trinajstić information content (AvgIpc) is 3.13. The molecule has 2 heterocycles. The number of carboxylic acids is 1. The maximum absolute atomic E-state index is 12.6. The topological polar surface area (TPSA) is 111 Å². The second-order valence-corrected chi connectivity index (χ2v) is 7.37. The van der Waals surface area contributed by atoms with E-state index in [0.29, 0.717) is 10.6 Å². The van der Waals surface area contributed by atoms with Crippen LogP contribution in [0.25, 0.3) is 0 Å². The fourth-order valence-electron chi connectivity index (χ4n) is 3.13. The van der Waals surface area contributed by atoms with Gasteiger partial charge in [-0.1, -0.05) is 6.42 Å². The van der Waals surface area contributed by atoms with E-state index in [-0.39, 0.29) is 18.7 Å². The first-order valence-corrected chi connectivity index (χ1v) is 9.68. The smallest absolute Gasteiger partial charge is 0.341 e. The Kier molecular flexibility index (Phi) is 5.90. The van der Waals surface area contributed by atoms with Crippen LogP contribution in [0.5, 0.6) is 0 Å². The van der Waals surface area contributed by atoms with E-state index in [4.69, 9.17) is 9.84 Å². The molecule has 0 bridgehead atoms. The largest absolute Gasteiger partial charge is 0.480 e. The zero-order valence-electron chi connectivity index (χ0n) is 15.0. The molecule has 2 aromatic heterocycles. The number of nitrogens with zero attached hydrogens (tertiary/aromatic N) is 2. The Morgan fingerprint density at radius 1 is 1.30 bits per heavy atom. The number of rotatable bonds is 6. The van der Waals surface area contributed by atoms with E-state index in [1.807, 2.05) is 0 Å². The first kappa shape index (κ1) is 19.1. The maximum Gasteiger partial charge on any atom is 0.341 e. The second kappa shape index (κ2) is 8.34. The van der Waals surface area contributed by atoms with Gasteiger partial charge in [0.15, 0.2) is 0 Å². The van der Waals surface area contributed by atoms with Gasteiger partial charge < -0.3 is 15.2 Å². The normalized spacial score (nSPS) is 13.5. The number of hydrogen-bond donors (Lipinski definition) is 2. The van der Waals surface area contributed by atoms with Gasteiger partial charge in [-0.25, -0.2) is 4.79 Å². The van der Waals surface area contributed by atoms with E-state index in [0.717, 1.165) is 42.5 Å². The van der Waals surface area contributed by atoms with E-state index in [2.05, 4.69) is 10.4 Å². The van der Waals surface area contributed by atoms with E-state index in [1.165, 1.54) is 28.4 Å². The number of fused-ring (bicyclic) bond motifs is 1. The summed E-state index contributed by atoms with van der Waals surface area (Å²) in [5.74, 6) is -1.90. The van der Waals surface area contributed by atoms with Crippen molar-refractivity contribution in [2.45, 2.75) is 45.6 Å². The van der Waals surface area contributed by atoms with Crippen LogP contribution in [0.1, 0.15) is 57.3 Å². The lowest BCUT2D eigenvalue weighted by atomic mass is 10.1. The lowest BCUT2D eigenvalue weighted by molar-refractivity contribution is -0.137. The van der Waals surface area contributed by atoms with Crippen molar-refractivity contribution in [2.75, 3.05) is 11.9 Å². The molecule has 0 fully saturated rings. The maximum atomic E-state index is 12.6. The summed E-state index contributed by atoms with van der Waals surface area (Å²) in [6, 6.07) is 0. The highest BCUT2D eigenvalue weighted by molar-refractivity contribution is 7.17. The number of aromatic nitrogens is 2. The summed E-state index contributed by atoms with van der Waals surface area (Å²) in [5, 5.41) is 15.9. The predicted molar refractivity (Wildman–Crippen MR) is 99.4 cm³/mol. The first-order valence-electron chi connectivity index (χ1n) is 8.86. The van der Waals surface area contributed by atoms with Crippen LogP contribution >= 0.6 is 11.3 Å². The summed E-state index contributed by atoms with van der Waals surface area (Å²) >= 11 is 1.42. The number of aliphatic carboxylic acids is 1. The van der Waals surface area contributed by atoms with Gasteiger partial charge in [-0.2, -0.15) is 5.10 Å². The highest BCUT2D eigenvalue weighted by Crippen LogP contribution is 2.38. The van der Waals surface area contributed by atoms with Crippen molar-refractivity contribution in [3.8, 4) is 0 Å². The van der Waals surface area contributed by atoms with Crippen molar-refractivity contribution >= 4 is 34.2 Å². The quantitative estimate of drug-likeness (QED) is 0.579. The molecule has 27 heavy (non-hydrogen) atoms. The third-order valence-electron chi connectivity index (χ3n) is 4.32. The number of anilines is 1. The highest BCUT2D eigenvalue weighted by atomic mass is 32.1. The Balaban J connectivity index is 1.87. The third-order valence-corrected chi connectivity index (χ3v) is 5.53. The molecule has 144 valence electrons. The molecular formula is C18H21N3O5S. The van der Waals surface area contributed by atoms with Crippen molar-refractivity contribution in [1.82, 2.24) is 9.78 Å². The number of carbonyl (C=O) groups is 3. The van der Waals surface area contributed by atoms with Gasteiger partial charge in [-0.3, -0.25) is 14.3 Å². The molecule has 0 radical (unpaired) electrons. The average molecular weight is 391 g/mol. The van der Waals surface area contributed by atoms with E-state index >= 15 is 0 Å². The van der Waals surface area contributed by atoms with E-state index in [9.17, 15) is 14.4 Å². The van der Waals surface area contributed by atoms with Gasteiger partial charge in [-0.15, -0.1) is 11.3 Å². The number of hydrogen-bond acceptors (Lipinski definition) is 6. The number of aryl methyl sites for hydroxylation is 1. The lowest BCUT2D eigenvalue weighted by Crippen LogP contribution is -2.15. The number of ether oxygens (including phenoxy) is 1. The summed E-state index contributed by atoms with van der Waals surface area (Å²) in [4.78, 5) is 36.9. The summed E-state index contributed by atoms with van der Waals surface area (Å²) < 4.78 is 6.38. The fraction of sp³-hybridized carbons (Fsp3) is 0.444. The first-order chi connectivity index (χ1) is 13.0. The summed E-state index contributed by atoms with van der Waals surface area (Å²) in [6.45, 7) is 1.69. The minimum atomic E-state index is -1.04. The number of thiophene rings is 1. The van der Waals surface area contributed by atoms with Gasteiger partial charge in [-0.05, 0) is 38.2 Å². The van der Waals surface area contributed by atoms with E-state index in [1.54, 1.807) is 6.92 Å². The summed E-state index contributed by atoms with van der Waals surface area (Å²) in [5.41, 5.74) is 1.66. The van der Waals surface area contributed by atoms with Crippen LogP contribution in [-0.2, 0) is 28.9 Å². The van der Waals surface area contributed by atoms with Gasteiger partial charge in [0.2, 0.25) is 0 Å². The standard InChI is InChI=1S/C18H21N3O5S/c1-2-26-18(25)15-12-6-4-3-5-7-13(12)27-17(15)20-16(24)11-8-19-21(9-11)10-14(22)23/h8-9H,2-7,10H2,1H3,(H,20,24)(H,22,23).